The van der Waals surface area contributed by atoms with Crippen LogP contribution in [0.4, 0.5) is 0 Å². The fraction of sp³-hybridized carbons (Fsp3) is 0.0714. The third-order valence-electron chi connectivity index (χ3n) is 3.21. The van der Waals surface area contributed by atoms with Gasteiger partial charge in [-0.1, -0.05) is 17.7 Å². The maximum Gasteiger partial charge on any atom is 0.235 e. The summed E-state index contributed by atoms with van der Waals surface area (Å²) in [6.07, 6.45) is 4.00. The van der Waals surface area contributed by atoms with E-state index in [1.165, 1.54) is 6.08 Å². The SMILES string of the molecule is Cn1c2ccc(/C=C/[N+](=O)[O-])cc2c2cc(Cl)cnc21. The zero-order valence-electron chi connectivity index (χ0n) is 10.6. The lowest BCUT2D eigenvalue weighted by Crippen LogP contribution is -1.88. The Bertz CT molecular complexity index is 868. The van der Waals surface area contributed by atoms with Crippen molar-refractivity contribution in [2.45, 2.75) is 0 Å². The molecule has 100 valence electrons. The van der Waals surface area contributed by atoms with Crippen molar-refractivity contribution in [3.05, 3.63) is 57.4 Å². The van der Waals surface area contributed by atoms with E-state index in [1.54, 1.807) is 6.20 Å². The van der Waals surface area contributed by atoms with Crippen LogP contribution in [0, 0.1) is 10.1 Å². The highest BCUT2D eigenvalue weighted by atomic mass is 35.5. The van der Waals surface area contributed by atoms with Gasteiger partial charge in [-0.3, -0.25) is 10.1 Å². The van der Waals surface area contributed by atoms with E-state index in [0.29, 0.717) is 5.02 Å². The quantitative estimate of drug-likeness (QED) is 0.534. The average molecular weight is 288 g/mol. The van der Waals surface area contributed by atoms with Gasteiger partial charge in [0, 0.05) is 30.1 Å². The Hall–Kier alpha value is -2.40. The fourth-order valence-electron chi connectivity index (χ4n) is 2.32. The zero-order valence-corrected chi connectivity index (χ0v) is 11.3. The van der Waals surface area contributed by atoms with Crippen molar-refractivity contribution >= 4 is 39.6 Å². The smallest absolute Gasteiger partial charge is 0.235 e. The largest absolute Gasteiger partial charge is 0.328 e. The first-order valence-corrected chi connectivity index (χ1v) is 6.29. The van der Waals surface area contributed by atoms with Crippen molar-refractivity contribution in [3.63, 3.8) is 0 Å². The Morgan fingerprint density at radius 2 is 2.15 bits per heavy atom. The maximum atomic E-state index is 10.4. The molecule has 0 atom stereocenters. The number of rotatable bonds is 2. The molecule has 0 bridgehead atoms. The van der Waals surface area contributed by atoms with Gasteiger partial charge in [0.05, 0.1) is 15.5 Å². The molecule has 0 saturated carbocycles. The van der Waals surface area contributed by atoms with Gasteiger partial charge in [-0.05, 0) is 23.8 Å². The minimum absolute atomic E-state index is 0.480. The van der Waals surface area contributed by atoms with E-state index in [4.69, 9.17) is 11.6 Å². The first kappa shape index (κ1) is 12.6. The number of pyridine rings is 1. The van der Waals surface area contributed by atoms with Gasteiger partial charge in [-0.25, -0.2) is 4.98 Å². The second-order valence-electron chi connectivity index (χ2n) is 4.46. The Kier molecular flexibility index (Phi) is 2.91. The summed E-state index contributed by atoms with van der Waals surface area (Å²) in [5, 5.41) is 12.9. The highest BCUT2D eigenvalue weighted by Crippen LogP contribution is 2.29. The number of halogens is 1. The summed E-state index contributed by atoms with van der Waals surface area (Å²) in [7, 11) is 1.93. The summed E-state index contributed by atoms with van der Waals surface area (Å²) in [5.41, 5.74) is 2.61. The third-order valence-corrected chi connectivity index (χ3v) is 3.42. The van der Waals surface area contributed by atoms with Crippen LogP contribution in [-0.2, 0) is 7.05 Å². The van der Waals surface area contributed by atoms with Gasteiger partial charge in [0.15, 0.2) is 0 Å². The van der Waals surface area contributed by atoms with Crippen LogP contribution in [0.1, 0.15) is 5.56 Å². The van der Waals surface area contributed by atoms with Crippen molar-refractivity contribution in [2.24, 2.45) is 7.05 Å². The molecule has 3 aromatic rings. The first-order valence-electron chi connectivity index (χ1n) is 5.91. The molecule has 0 spiro atoms. The van der Waals surface area contributed by atoms with Crippen LogP contribution < -0.4 is 0 Å². The number of aromatic nitrogens is 2. The molecule has 2 aromatic heterocycles. The van der Waals surface area contributed by atoms with Gasteiger partial charge in [-0.2, -0.15) is 0 Å². The maximum absolute atomic E-state index is 10.4. The molecule has 0 aliphatic heterocycles. The van der Waals surface area contributed by atoms with E-state index < -0.39 is 4.92 Å². The molecule has 2 heterocycles. The van der Waals surface area contributed by atoms with E-state index in [0.717, 1.165) is 33.7 Å². The summed E-state index contributed by atoms with van der Waals surface area (Å²) in [6.45, 7) is 0. The predicted octanol–water partition coefficient (Wildman–Crippen LogP) is 3.63. The second kappa shape index (κ2) is 4.61. The molecular weight excluding hydrogens is 278 g/mol. The highest BCUT2D eigenvalue weighted by Gasteiger charge is 2.10. The van der Waals surface area contributed by atoms with E-state index in [9.17, 15) is 10.1 Å². The third kappa shape index (κ3) is 2.02. The molecule has 0 fully saturated rings. The molecule has 5 nitrogen and oxygen atoms in total. The van der Waals surface area contributed by atoms with Gasteiger partial charge < -0.3 is 4.57 Å². The van der Waals surface area contributed by atoms with Crippen LogP contribution in [0.25, 0.3) is 28.0 Å². The van der Waals surface area contributed by atoms with Crippen molar-refractivity contribution in [1.82, 2.24) is 9.55 Å². The van der Waals surface area contributed by atoms with Gasteiger partial charge in [-0.15, -0.1) is 0 Å². The van der Waals surface area contributed by atoms with Crippen LogP contribution >= 0.6 is 11.6 Å². The average Bonchev–Trinajstić information content (AvgIpc) is 2.69. The van der Waals surface area contributed by atoms with Crippen molar-refractivity contribution in [2.75, 3.05) is 0 Å². The van der Waals surface area contributed by atoms with Crippen molar-refractivity contribution in [1.29, 1.82) is 0 Å². The van der Waals surface area contributed by atoms with Crippen LogP contribution in [0.2, 0.25) is 5.02 Å². The Morgan fingerprint density at radius 3 is 2.90 bits per heavy atom. The standard InChI is InChI=1S/C14H10ClN3O2/c1-17-13-3-2-9(4-5-18(19)20)6-11(13)12-7-10(15)8-16-14(12)17/h2-8H,1H3/b5-4+. The molecule has 6 heteroatoms. The second-order valence-corrected chi connectivity index (χ2v) is 4.90. The summed E-state index contributed by atoms with van der Waals surface area (Å²) in [6, 6.07) is 7.51. The molecule has 20 heavy (non-hydrogen) atoms. The Morgan fingerprint density at radius 1 is 1.35 bits per heavy atom. The fourth-order valence-corrected chi connectivity index (χ4v) is 2.48. The van der Waals surface area contributed by atoms with Gasteiger partial charge in [0.2, 0.25) is 6.20 Å². The molecule has 1 aromatic carbocycles. The lowest BCUT2D eigenvalue weighted by atomic mass is 10.1. The number of aryl methyl sites for hydroxylation is 1. The molecule has 0 radical (unpaired) electrons. The Labute approximate surface area is 119 Å². The van der Waals surface area contributed by atoms with Crippen LogP contribution in [0.5, 0.6) is 0 Å². The summed E-state index contributed by atoms with van der Waals surface area (Å²) < 4.78 is 1.97. The first-order chi connectivity index (χ1) is 9.56. The number of hydrogen-bond acceptors (Lipinski definition) is 3. The minimum atomic E-state index is -0.480. The Balaban J connectivity index is 2.29. The molecule has 0 aliphatic carbocycles. The molecule has 0 saturated heterocycles. The van der Waals surface area contributed by atoms with Gasteiger partial charge >= 0.3 is 0 Å². The zero-order chi connectivity index (χ0) is 14.3. The van der Waals surface area contributed by atoms with E-state index >= 15 is 0 Å². The molecule has 0 amide bonds. The predicted molar refractivity (Wildman–Crippen MR) is 79.3 cm³/mol. The minimum Gasteiger partial charge on any atom is -0.328 e. The van der Waals surface area contributed by atoms with E-state index in [-0.39, 0.29) is 0 Å². The number of fused-ring (bicyclic) bond motifs is 3. The normalized spacial score (nSPS) is 11.7. The molecule has 0 unspecified atom stereocenters. The summed E-state index contributed by atoms with van der Waals surface area (Å²) in [4.78, 5) is 14.2. The lowest BCUT2D eigenvalue weighted by molar-refractivity contribution is -0.400. The van der Waals surface area contributed by atoms with Crippen LogP contribution in [0.15, 0.2) is 36.7 Å². The summed E-state index contributed by atoms with van der Waals surface area (Å²) in [5.74, 6) is 0. The molecule has 0 N–H and O–H groups in total. The number of nitro groups is 1. The lowest BCUT2D eigenvalue weighted by Gasteiger charge is -1.97. The van der Waals surface area contributed by atoms with E-state index in [2.05, 4.69) is 4.98 Å². The summed E-state index contributed by atoms with van der Waals surface area (Å²) >= 11 is 6.00. The van der Waals surface area contributed by atoms with Crippen molar-refractivity contribution < 1.29 is 4.92 Å². The monoisotopic (exact) mass is 287 g/mol. The van der Waals surface area contributed by atoms with Crippen LogP contribution in [0.3, 0.4) is 0 Å². The van der Waals surface area contributed by atoms with Crippen molar-refractivity contribution in [3.8, 4) is 0 Å². The number of hydrogen-bond donors (Lipinski definition) is 0. The number of nitrogens with zero attached hydrogens (tertiary/aromatic N) is 3. The highest BCUT2D eigenvalue weighted by molar-refractivity contribution is 6.31. The number of benzene rings is 1. The topological polar surface area (TPSA) is 61.0 Å². The van der Waals surface area contributed by atoms with Crippen LogP contribution in [-0.4, -0.2) is 14.5 Å². The van der Waals surface area contributed by atoms with E-state index in [1.807, 2.05) is 35.9 Å². The molecule has 0 aliphatic rings. The van der Waals surface area contributed by atoms with Gasteiger partial charge in [0.1, 0.15) is 5.65 Å². The molecular formula is C14H10ClN3O2. The molecule has 3 rings (SSSR count). The van der Waals surface area contributed by atoms with Gasteiger partial charge in [0.25, 0.3) is 0 Å².